The Kier molecular flexibility index (Phi) is 4.04. The van der Waals surface area contributed by atoms with E-state index in [1.165, 1.54) is 6.07 Å². The van der Waals surface area contributed by atoms with Crippen molar-refractivity contribution < 1.29 is 23.6 Å². The van der Waals surface area contributed by atoms with Crippen LogP contribution in [-0.4, -0.2) is 10.9 Å². The van der Waals surface area contributed by atoms with Crippen LogP contribution in [0.25, 0.3) is 0 Å². The van der Waals surface area contributed by atoms with Gasteiger partial charge in [0.05, 0.1) is 4.92 Å². The predicted molar refractivity (Wildman–Crippen MR) is 93.5 cm³/mol. The fourth-order valence-corrected chi connectivity index (χ4v) is 3.04. The third-order valence-corrected chi connectivity index (χ3v) is 4.25. The first-order valence-electron chi connectivity index (χ1n) is 8.06. The molecule has 0 spiro atoms. The number of esters is 1. The molecule has 1 aliphatic rings. The number of carbonyl (C=O) groups excluding carboxylic acids is 1. The van der Waals surface area contributed by atoms with E-state index in [1.54, 1.807) is 48.5 Å². The molecule has 27 heavy (non-hydrogen) atoms. The first-order valence-corrected chi connectivity index (χ1v) is 8.06. The second kappa shape index (κ2) is 6.53. The molecule has 1 heterocycles. The van der Waals surface area contributed by atoms with Gasteiger partial charge in [-0.05, 0) is 18.2 Å². The summed E-state index contributed by atoms with van der Waals surface area (Å²) in [6.07, 6.45) is 0. The lowest BCUT2D eigenvalue weighted by atomic mass is 9.88. The molecule has 0 saturated carbocycles. The van der Waals surface area contributed by atoms with Gasteiger partial charge in [0.1, 0.15) is 23.2 Å². The van der Waals surface area contributed by atoms with Gasteiger partial charge in [-0.25, -0.2) is 0 Å². The molecule has 1 aliphatic heterocycles. The lowest BCUT2D eigenvalue weighted by Crippen LogP contribution is -2.23. The fourth-order valence-electron chi connectivity index (χ4n) is 3.04. The van der Waals surface area contributed by atoms with E-state index in [0.29, 0.717) is 22.6 Å². The highest BCUT2D eigenvalue weighted by atomic mass is 19.1. The molecule has 0 unspecified atom stereocenters. The van der Waals surface area contributed by atoms with E-state index < -0.39 is 28.3 Å². The van der Waals surface area contributed by atoms with Gasteiger partial charge in [-0.1, -0.05) is 36.4 Å². The first kappa shape index (κ1) is 16.7. The molecule has 0 N–H and O–H groups in total. The minimum atomic E-state index is -1.07. The average Bonchev–Trinajstić information content (AvgIpc) is 2.65. The van der Waals surface area contributed by atoms with E-state index in [9.17, 15) is 19.3 Å². The smallest absolute Gasteiger partial charge is 0.323 e. The van der Waals surface area contributed by atoms with E-state index in [4.69, 9.17) is 9.47 Å². The molecule has 0 bridgehead atoms. The van der Waals surface area contributed by atoms with Gasteiger partial charge < -0.3 is 9.47 Å². The van der Waals surface area contributed by atoms with Gasteiger partial charge in [0.25, 0.3) is 0 Å². The van der Waals surface area contributed by atoms with Crippen molar-refractivity contribution in [1.29, 1.82) is 0 Å². The summed E-state index contributed by atoms with van der Waals surface area (Å²) in [7, 11) is 0. The van der Waals surface area contributed by atoms with E-state index in [1.807, 2.05) is 0 Å². The SMILES string of the molecule is O=C(Oc1ccc([N+](=O)[O-])c(F)c1)C1c2ccccc2Oc2ccccc21. The zero-order chi connectivity index (χ0) is 19.0. The van der Waals surface area contributed by atoms with Crippen molar-refractivity contribution >= 4 is 11.7 Å². The molecule has 3 aromatic rings. The molecule has 134 valence electrons. The van der Waals surface area contributed by atoms with Gasteiger partial charge in [-0.15, -0.1) is 0 Å². The summed E-state index contributed by atoms with van der Waals surface area (Å²) >= 11 is 0. The van der Waals surface area contributed by atoms with Crippen molar-refractivity contribution in [3.8, 4) is 17.2 Å². The summed E-state index contributed by atoms with van der Waals surface area (Å²) in [4.78, 5) is 22.8. The molecule has 4 rings (SSSR count). The summed E-state index contributed by atoms with van der Waals surface area (Å²) in [5, 5.41) is 10.7. The minimum Gasteiger partial charge on any atom is -0.457 e. The normalized spacial score (nSPS) is 12.5. The van der Waals surface area contributed by atoms with E-state index in [-0.39, 0.29) is 5.75 Å². The predicted octanol–water partition coefficient (Wildman–Crippen LogP) is 4.58. The Hall–Kier alpha value is -3.74. The van der Waals surface area contributed by atoms with Crippen molar-refractivity contribution in [1.82, 2.24) is 0 Å². The fraction of sp³-hybridized carbons (Fsp3) is 0.0500. The van der Waals surface area contributed by atoms with Gasteiger partial charge in [0.15, 0.2) is 0 Å². The molecule has 3 aromatic carbocycles. The van der Waals surface area contributed by atoms with Crippen molar-refractivity contribution in [2.24, 2.45) is 0 Å². The molecule has 0 amide bonds. The molecule has 7 heteroatoms. The molecule has 6 nitrogen and oxygen atoms in total. The number of fused-ring (bicyclic) bond motifs is 2. The Morgan fingerprint density at radius 1 is 1.00 bits per heavy atom. The molecule has 0 atom stereocenters. The van der Waals surface area contributed by atoms with Crippen LogP contribution in [0.15, 0.2) is 66.7 Å². The second-order valence-corrected chi connectivity index (χ2v) is 5.90. The van der Waals surface area contributed by atoms with Crippen LogP contribution >= 0.6 is 0 Å². The maximum atomic E-state index is 13.8. The summed E-state index contributed by atoms with van der Waals surface area (Å²) in [6, 6.07) is 17.1. The lowest BCUT2D eigenvalue weighted by Gasteiger charge is -2.26. The number of ether oxygens (including phenoxy) is 2. The van der Waals surface area contributed by atoms with Crippen LogP contribution in [0, 0.1) is 15.9 Å². The van der Waals surface area contributed by atoms with Gasteiger partial charge in [0.2, 0.25) is 5.82 Å². The average molecular weight is 365 g/mol. The Bertz CT molecular complexity index is 1020. The number of hydrogen-bond acceptors (Lipinski definition) is 5. The Balaban J connectivity index is 1.70. The summed E-state index contributed by atoms with van der Waals surface area (Å²) < 4.78 is 25.0. The van der Waals surface area contributed by atoms with Crippen LogP contribution < -0.4 is 9.47 Å². The highest BCUT2D eigenvalue weighted by Gasteiger charge is 2.34. The van der Waals surface area contributed by atoms with Crippen LogP contribution in [0.3, 0.4) is 0 Å². The summed E-state index contributed by atoms with van der Waals surface area (Å²) in [5.74, 6) is -1.50. The maximum Gasteiger partial charge on any atom is 0.323 e. The second-order valence-electron chi connectivity index (χ2n) is 5.90. The van der Waals surface area contributed by atoms with Gasteiger partial charge >= 0.3 is 11.7 Å². The standard InChI is InChI=1S/C20H12FNO5/c21-15-11-12(9-10-16(15)22(24)25)26-20(23)19-13-5-1-3-7-17(13)27-18-8-4-2-6-14(18)19/h1-11,19H. The third kappa shape index (κ3) is 2.99. The number of hydrogen-bond donors (Lipinski definition) is 0. The van der Waals surface area contributed by atoms with Crippen LogP contribution in [0.5, 0.6) is 17.2 Å². The molecule has 0 radical (unpaired) electrons. The Labute approximate surface area is 152 Å². The van der Waals surface area contributed by atoms with E-state index >= 15 is 0 Å². The van der Waals surface area contributed by atoms with Gasteiger partial charge in [-0.2, -0.15) is 4.39 Å². The molecular weight excluding hydrogens is 353 g/mol. The highest BCUT2D eigenvalue weighted by molar-refractivity contribution is 5.87. The molecule has 0 saturated heterocycles. The van der Waals surface area contributed by atoms with E-state index in [2.05, 4.69) is 0 Å². The number of nitrogens with zero attached hydrogens (tertiary/aromatic N) is 1. The molecule has 0 aliphatic carbocycles. The first-order chi connectivity index (χ1) is 13.0. The number of nitro benzene ring substituents is 1. The lowest BCUT2D eigenvalue weighted by molar-refractivity contribution is -0.387. The van der Waals surface area contributed by atoms with Crippen molar-refractivity contribution in [2.75, 3.05) is 0 Å². The van der Waals surface area contributed by atoms with Crippen molar-refractivity contribution in [3.63, 3.8) is 0 Å². The Morgan fingerprint density at radius 2 is 1.59 bits per heavy atom. The quantitative estimate of drug-likeness (QED) is 0.294. The molecule has 0 fully saturated rings. The third-order valence-electron chi connectivity index (χ3n) is 4.25. The van der Waals surface area contributed by atoms with E-state index in [0.717, 1.165) is 12.1 Å². The largest absolute Gasteiger partial charge is 0.457 e. The summed E-state index contributed by atoms with van der Waals surface area (Å²) in [5.41, 5.74) is 0.573. The molecular formula is C20H12FNO5. The summed E-state index contributed by atoms with van der Waals surface area (Å²) in [6.45, 7) is 0. The number of carbonyl (C=O) groups is 1. The van der Waals surface area contributed by atoms with Gasteiger partial charge in [0, 0.05) is 23.3 Å². The van der Waals surface area contributed by atoms with Crippen LogP contribution in [0.2, 0.25) is 0 Å². The number of rotatable bonds is 3. The van der Waals surface area contributed by atoms with Crippen molar-refractivity contribution in [2.45, 2.75) is 5.92 Å². The van der Waals surface area contributed by atoms with Crippen LogP contribution in [0.4, 0.5) is 10.1 Å². The molecule has 0 aromatic heterocycles. The number of nitro groups is 1. The highest BCUT2D eigenvalue weighted by Crippen LogP contribution is 2.44. The zero-order valence-electron chi connectivity index (χ0n) is 13.8. The number of halogens is 1. The van der Waals surface area contributed by atoms with Gasteiger partial charge in [-0.3, -0.25) is 14.9 Å². The topological polar surface area (TPSA) is 78.7 Å². The number of benzene rings is 3. The minimum absolute atomic E-state index is 0.107. The van der Waals surface area contributed by atoms with Crippen molar-refractivity contribution in [3.05, 3.63) is 93.8 Å². The monoisotopic (exact) mass is 365 g/mol. The number of para-hydroxylation sites is 2. The Morgan fingerprint density at radius 3 is 2.15 bits per heavy atom. The maximum absolute atomic E-state index is 13.8. The van der Waals surface area contributed by atoms with Crippen LogP contribution in [-0.2, 0) is 4.79 Å². The zero-order valence-corrected chi connectivity index (χ0v) is 13.8. The van der Waals surface area contributed by atoms with Crippen LogP contribution in [0.1, 0.15) is 17.0 Å².